The van der Waals surface area contributed by atoms with Gasteiger partial charge in [0.15, 0.2) is 0 Å². The summed E-state index contributed by atoms with van der Waals surface area (Å²) in [6.45, 7) is 0. The summed E-state index contributed by atoms with van der Waals surface area (Å²) < 4.78 is 0. The number of hydrogen-bond donors (Lipinski definition) is 1. The molecule has 0 atom stereocenters. The van der Waals surface area contributed by atoms with Crippen LogP contribution in [0.25, 0.3) is 0 Å². The Hall–Kier alpha value is -1.83. The summed E-state index contributed by atoms with van der Waals surface area (Å²) in [7, 11) is 0. The first-order chi connectivity index (χ1) is 7.42. The molecule has 0 bridgehead atoms. The number of rotatable bonds is 2. The van der Waals surface area contributed by atoms with Crippen LogP contribution < -0.4 is 5.84 Å². The molecule has 0 spiro atoms. The summed E-state index contributed by atoms with van der Waals surface area (Å²) in [5.41, 5.74) is 3.05. The third-order valence-electron chi connectivity index (χ3n) is 2.44. The van der Waals surface area contributed by atoms with Gasteiger partial charge < -0.3 is 5.84 Å². The lowest BCUT2D eigenvalue weighted by molar-refractivity contribution is 1.03. The van der Waals surface area contributed by atoms with E-state index in [-0.39, 0.29) is 0 Å². The van der Waals surface area contributed by atoms with Crippen LogP contribution in [0.3, 0.4) is 0 Å². The second-order valence-electron chi connectivity index (χ2n) is 3.48. The van der Waals surface area contributed by atoms with Crippen LogP contribution in [0.15, 0.2) is 59.2 Å². The van der Waals surface area contributed by atoms with Crippen LogP contribution >= 0.6 is 0 Å². The topological polar surface area (TPSA) is 38.4 Å². The van der Waals surface area contributed by atoms with E-state index in [2.05, 4.69) is 23.3 Å². The maximum Gasteiger partial charge on any atom is 0.0967 e. The van der Waals surface area contributed by atoms with Gasteiger partial charge in [0, 0.05) is 5.56 Å². The minimum absolute atomic E-state index is 0.867. The van der Waals surface area contributed by atoms with E-state index in [0.717, 1.165) is 29.7 Å². The molecule has 0 unspecified atom stereocenters. The Bertz CT molecular complexity index is 413. The Morgan fingerprint density at radius 1 is 1.13 bits per heavy atom. The molecule has 0 aliphatic heterocycles. The molecule has 0 saturated carbocycles. The van der Waals surface area contributed by atoms with Crippen molar-refractivity contribution in [1.29, 1.82) is 0 Å². The van der Waals surface area contributed by atoms with Crippen LogP contribution in [-0.2, 0) is 0 Å². The first-order valence-corrected chi connectivity index (χ1v) is 5.12. The van der Waals surface area contributed by atoms with Crippen molar-refractivity contribution in [2.24, 2.45) is 10.9 Å². The summed E-state index contributed by atoms with van der Waals surface area (Å²) in [5, 5.41) is 3.88. The predicted molar refractivity (Wildman–Crippen MR) is 63.6 cm³/mol. The number of nitrogens with zero attached hydrogens (tertiary/aromatic N) is 1. The van der Waals surface area contributed by atoms with Gasteiger partial charge in [0.05, 0.1) is 5.71 Å². The second-order valence-corrected chi connectivity index (χ2v) is 3.48. The summed E-state index contributed by atoms with van der Waals surface area (Å²) in [5.74, 6) is 5.45. The van der Waals surface area contributed by atoms with E-state index in [1.807, 2.05) is 30.3 Å². The van der Waals surface area contributed by atoms with Crippen molar-refractivity contribution in [1.82, 2.24) is 0 Å². The normalized spacial score (nSPS) is 16.3. The van der Waals surface area contributed by atoms with Gasteiger partial charge in [0.1, 0.15) is 0 Å². The molecule has 1 aromatic rings. The molecular weight excluding hydrogens is 184 g/mol. The van der Waals surface area contributed by atoms with Crippen LogP contribution in [0.5, 0.6) is 0 Å². The zero-order valence-corrected chi connectivity index (χ0v) is 8.56. The molecule has 1 aliphatic carbocycles. The largest absolute Gasteiger partial charge is 0.323 e. The van der Waals surface area contributed by atoms with Crippen molar-refractivity contribution in [2.75, 3.05) is 0 Å². The smallest absolute Gasteiger partial charge is 0.0967 e. The highest BCUT2D eigenvalue weighted by molar-refractivity contribution is 6.14. The summed E-state index contributed by atoms with van der Waals surface area (Å²) in [6, 6.07) is 10.0. The lowest BCUT2D eigenvalue weighted by Gasteiger charge is -2.09. The molecule has 15 heavy (non-hydrogen) atoms. The first kappa shape index (κ1) is 9.71. The van der Waals surface area contributed by atoms with Crippen molar-refractivity contribution in [2.45, 2.75) is 12.8 Å². The van der Waals surface area contributed by atoms with E-state index in [4.69, 9.17) is 5.84 Å². The lowest BCUT2D eigenvalue weighted by Crippen LogP contribution is -2.07. The fraction of sp³-hybridized carbons (Fsp3) is 0.154. The molecule has 76 valence electrons. The van der Waals surface area contributed by atoms with Crippen LogP contribution in [0.1, 0.15) is 18.4 Å². The number of hydrogen-bond acceptors (Lipinski definition) is 2. The van der Waals surface area contributed by atoms with E-state index in [1.165, 1.54) is 0 Å². The van der Waals surface area contributed by atoms with Gasteiger partial charge in [-0.15, -0.1) is 0 Å². The minimum Gasteiger partial charge on any atom is -0.323 e. The molecule has 2 heteroatoms. The zero-order valence-electron chi connectivity index (χ0n) is 8.56. The van der Waals surface area contributed by atoms with E-state index < -0.39 is 0 Å². The van der Waals surface area contributed by atoms with Gasteiger partial charge in [0.2, 0.25) is 0 Å². The number of benzene rings is 1. The Morgan fingerprint density at radius 2 is 1.93 bits per heavy atom. The van der Waals surface area contributed by atoms with Gasteiger partial charge in [-0.3, -0.25) is 0 Å². The van der Waals surface area contributed by atoms with Gasteiger partial charge in [-0.05, 0) is 18.4 Å². The fourth-order valence-corrected chi connectivity index (χ4v) is 1.70. The van der Waals surface area contributed by atoms with Crippen molar-refractivity contribution >= 4 is 5.71 Å². The molecular formula is C13H14N2. The van der Waals surface area contributed by atoms with E-state index >= 15 is 0 Å². The predicted octanol–water partition coefficient (Wildman–Crippen LogP) is 2.63. The second kappa shape index (κ2) is 4.60. The third kappa shape index (κ3) is 2.15. The van der Waals surface area contributed by atoms with E-state index in [1.54, 1.807) is 0 Å². The highest BCUT2D eigenvalue weighted by Crippen LogP contribution is 2.15. The molecule has 2 N–H and O–H groups in total. The summed E-state index contributed by atoms with van der Waals surface area (Å²) in [4.78, 5) is 0. The van der Waals surface area contributed by atoms with Gasteiger partial charge in [-0.25, -0.2) is 0 Å². The molecule has 0 amide bonds. The van der Waals surface area contributed by atoms with Crippen molar-refractivity contribution in [3.05, 3.63) is 59.7 Å². The van der Waals surface area contributed by atoms with Crippen LogP contribution in [0.2, 0.25) is 0 Å². The fourth-order valence-electron chi connectivity index (χ4n) is 1.70. The van der Waals surface area contributed by atoms with E-state index in [0.29, 0.717) is 0 Å². The highest BCUT2D eigenvalue weighted by atomic mass is 15.1. The van der Waals surface area contributed by atoms with Gasteiger partial charge in [0.25, 0.3) is 0 Å². The molecule has 0 heterocycles. The molecule has 0 radical (unpaired) electrons. The Labute approximate surface area is 89.8 Å². The number of hydrazone groups is 1. The van der Waals surface area contributed by atoms with Crippen molar-refractivity contribution in [3.8, 4) is 0 Å². The SMILES string of the molecule is N/N=C(/C1=CCCC=C1)c1ccccc1. The third-order valence-corrected chi connectivity index (χ3v) is 2.44. The maximum absolute atomic E-state index is 5.45. The molecule has 2 nitrogen and oxygen atoms in total. The average Bonchev–Trinajstić information content (AvgIpc) is 2.33. The molecule has 0 fully saturated rings. The zero-order chi connectivity index (χ0) is 10.5. The molecule has 1 aromatic carbocycles. The molecule has 2 rings (SSSR count). The van der Waals surface area contributed by atoms with Crippen molar-refractivity contribution < 1.29 is 0 Å². The standard InChI is InChI=1S/C13H14N2/c14-15-13(11-7-3-1-4-8-11)12-9-5-2-6-10-12/h1,3-5,7-10H,2,6,14H2/b15-13+. The van der Waals surface area contributed by atoms with Gasteiger partial charge in [-0.2, -0.15) is 5.10 Å². The summed E-state index contributed by atoms with van der Waals surface area (Å²) >= 11 is 0. The van der Waals surface area contributed by atoms with Gasteiger partial charge in [-0.1, -0.05) is 48.6 Å². The Balaban J connectivity index is 2.34. The monoisotopic (exact) mass is 198 g/mol. The minimum atomic E-state index is 0.867. The molecule has 0 aromatic heterocycles. The summed E-state index contributed by atoms with van der Waals surface area (Å²) in [6.07, 6.45) is 8.60. The number of nitrogens with two attached hydrogens (primary N) is 1. The molecule has 1 aliphatic rings. The highest BCUT2D eigenvalue weighted by Gasteiger charge is 2.08. The maximum atomic E-state index is 5.45. The van der Waals surface area contributed by atoms with Crippen LogP contribution in [0, 0.1) is 0 Å². The van der Waals surface area contributed by atoms with Crippen molar-refractivity contribution in [3.63, 3.8) is 0 Å². The van der Waals surface area contributed by atoms with Crippen LogP contribution in [-0.4, -0.2) is 5.71 Å². The average molecular weight is 198 g/mol. The quantitative estimate of drug-likeness (QED) is 0.443. The van der Waals surface area contributed by atoms with Gasteiger partial charge >= 0.3 is 0 Å². The Morgan fingerprint density at radius 3 is 2.53 bits per heavy atom. The number of allylic oxidation sites excluding steroid dienone is 4. The molecule has 0 saturated heterocycles. The lowest BCUT2D eigenvalue weighted by atomic mass is 9.98. The van der Waals surface area contributed by atoms with Crippen LogP contribution in [0.4, 0.5) is 0 Å². The Kier molecular flexibility index (Phi) is 2.98. The first-order valence-electron chi connectivity index (χ1n) is 5.12. The van der Waals surface area contributed by atoms with E-state index in [9.17, 15) is 0 Å².